The number of thiol groups is 2. The van der Waals surface area contributed by atoms with Gasteiger partial charge in [0.25, 0.3) is 0 Å². The molecule has 11 rings (SSSR count). The van der Waals surface area contributed by atoms with E-state index in [0.29, 0.717) is 139 Å². The molecule has 0 unspecified atom stereocenters. The Morgan fingerprint density at radius 3 is 1.06 bits per heavy atom. The number of thiocarbonyl (C=S) groups is 1. The van der Waals surface area contributed by atoms with Gasteiger partial charge in [0.2, 0.25) is 0 Å². The van der Waals surface area contributed by atoms with Crippen LogP contribution in [0.15, 0.2) is 187 Å². The lowest BCUT2D eigenvalue weighted by atomic mass is 9.77. The molecule has 0 radical (unpaired) electrons. The third-order valence-electron chi connectivity index (χ3n) is 21.7. The van der Waals surface area contributed by atoms with Crippen LogP contribution in [0.25, 0.3) is 0 Å². The molecule has 0 fully saturated rings. The largest absolute Gasteiger partial charge is 0.508 e. The van der Waals surface area contributed by atoms with Crippen molar-refractivity contribution in [3.8, 4) is 92.0 Å². The van der Waals surface area contributed by atoms with Crippen molar-refractivity contribution < 1.29 is 119 Å². The molecule has 0 saturated heterocycles. The van der Waals surface area contributed by atoms with Crippen molar-refractivity contribution in [2.24, 2.45) is 0 Å². The van der Waals surface area contributed by atoms with E-state index in [4.69, 9.17) is 40.6 Å². The van der Waals surface area contributed by atoms with E-state index in [2.05, 4.69) is 37.5 Å². The maximum absolute atomic E-state index is 13.3. The van der Waals surface area contributed by atoms with Gasteiger partial charge in [-0.1, -0.05) is 213 Å². The zero-order chi connectivity index (χ0) is 104. The van der Waals surface area contributed by atoms with E-state index in [1.54, 1.807) is 97.2 Å². The summed E-state index contributed by atoms with van der Waals surface area (Å²) >= 11 is 26.8. The molecule has 792 valence electrons. The second-order valence-electron chi connectivity index (χ2n) is 32.9. The standard InChI is InChI=1S/C31H25NO7S3.C24H41FO2S.C14H20O5S2.C14H20O3S2.C12H18O4S2.C12H18O2S2/c33-18-7-10-22-25(15-18)38-26-16-19(34)8-11-23(26)31(22)21-9-6-17(14-20(21)29(37)39-31)32-30(40)42-13-2-1-12-41-27-5-3-4-24(35)28(27)36;1-2-3-4-5-6-7-8-9-10-11-12-13-14-15-16-17-20-28-22-19-18-21(25)23(26)24(22)27;1-11(15)20-9-7-18-5-6-19-8-10-21-13-4-2-3-12(16)14(13)17;1-11(15)18-9-4-2-3-5-10-19-13-8-6-7-12(16)14(13)17;13-10-2-1-3-11(12(10)14)18-9-7-16-5-4-15-6-8-17;13-10-6-5-7-11(12(10)14)16-9-4-2-1-3-8-15/h3-11,14-16,33-36H,1-2,12-13H2,(H,32,40);18-19,26-27H,2-17,20H2,1H3;2-4,16-17H,5-10H2,1H3;6-8,16-17H,2-5,9-10H2,1H3;1-3,13-14,17H,4-9H2;5-7,13-15H,1-4,8-9H2. The normalized spacial score (nSPS) is 11.7. The predicted octanol–water partition coefficient (Wildman–Crippen LogP) is 28.0. The summed E-state index contributed by atoms with van der Waals surface area (Å²) in [5, 5.41) is 138. The minimum atomic E-state index is -1.31. The van der Waals surface area contributed by atoms with Gasteiger partial charge in [0.1, 0.15) is 27.3 Å². The molecular formula is C107H142FNO23S12. The number of phenolic OH excluding ortho intramolecular Hbond substituents is 14. The maximum atomic E-state index is 13.3. The number of ether oxygens (including phenoxy) is 6. The lowest BCUT2D eigenvalue weighted by Crippen LogP contribution is -2.32. The number of halogens is 1. The van der Waals surface area contributed by atoms with Gasteiger partial charge in [-0.25, -0.2) is 9.18 Å². The number of carbonyl (C=O) groups is 3. The molecule has 0 saturated carbocycles. The van der Waals surface area contributed by atoms with Gasteiger partial charge in [0.15, 0.2) is 90.6 Å². The molecular weight excluding hydrogens is 2070 g/mol. The topological polar surface area (TPSA) is 402 Å². The highest BCUT2D eigenvalue weighted by atomic mass is 32.2. The number of unbranched alkanes of at least 4 members (excludes halogenated alkanes) is 22. The summed E-state index contributed by atoms with van der Waals surface area (Å²) in [6.45, 7) is 9.82. The number of fused-ring (bicyclic) bond motifs is 6. The number of aromatic hydroxyl groups is 14. The molecule has 2 heterocycles. The van der Waals surface area contributed by atoms with Crippen LogP contribution in [0.1, 0.15) is 215 Å². The quantitative estimate of drug-likeness (QED) is 0.00420. The van der Waals surface area contributed by atoms with Gasteiger partial charge in [0, 0.05) is 82.9 Å². The molecule has 9 aromatic carbocycles. The average Bonchev–Trinajstić information content (AvgIpc) is 1.53. The van der Waals surface area contributed by atoms with Crippen LogP contribution in [0, 0.1) is 5.82 Å². The monoisotopic (exact) mass is 2210 g/mol. The summed E-state index contributed by atoms with van der Waals surface area (Å²) in [5.74, 6) is 6.70. The number of thioether (sulfide) groups is 9. The van der Waals surface area contributed by atoms with Gasteiger partial charge in [0.05, 0.1) is 87.8 Å². The minimum Gasteiger partial charge on any atom is -0.508 e. The molecule has 9 aromatic rings. The summed E-state index contributed by atoms with van der Waals surface area (Å²) in [5.41, 5.74) is 1.47. The van der Waals surface area contributed by atoms with Gasteiger partial charge >= 0.3 is 5.97 Å². The molecule has 0 aliphatic carbocycles. The zero-order valence-corrected chi connectivity index (χ0v) is 92.1. The van der Waals surface area contributed by atoms with Crippen molar-refractivity contribution in [3.05, 3.63) is 186 Å². The van der Waals surface area contributed by atoms with Crippen molar-refractivity contribution >= 4 is 170 Å². The van der Waals surface area contributed by atoms with Crippen LogP contribution in [0.2, 0.25) is 0 Å². The van der Waals surface area contributed by atoms with Crippen molar-refractivity contribution in [1.82, 2.24) is 0 Å². The summed E-state index contributed by atoms with van der Waals surface area (Å²) in [7, 11) is 0. The van der Waals surface area contributed by atoms with Crippen LogP contribution < -0.4 is 10.1 Å². The van der Waals surface area contributed by atoms with Crippen molar-refractivity contribution in [3.63, 3.8) is 0 Å². The Labute approximate surface area is 902 Å². The fourth-order valence-electron chi connectivity index (χ4n) is 14.2. The van der Waals surface area contributed by atoms with Crippen LogP contribution in [0.3, 0.4) is 0 Å². The summed E-state index contributed by atoms with van der Waals surface area (Å²) in [6, 6.07) is 42.2. The minimum absolute atomic E-state index is 0.00264. The number of carbonyl (C=O) groups excluding carboxylic acids is 3. The number of nitrogens with one attached hydrogen (secondary N) is 1. The number of esters is 1. The lowest BCUT2D eigenvalue weighted by Gasteiger charge is -2.36. The first-order valence-corrected chi connectivity index (χ1v) is 59.2. The van der Waals surface area contributed by atoms with E-state index in [1.807, 2.05) is 24.3 Å². The predicted molar refractivity (Wildman–Crippen MR) is 603 cm³/mol. The first-order valence-electron chi connectivity index (χ1n) is 48.6. The molecule has 24 nitrogen and oxygen atoms in total. The van der Waals surface area contributed by atoms with Gasteiger partial charge in [-0.05, 0) is 183 Å². The number of hydrogen-bond donors (Lipinski definition) is 17. The summed E-state index contributed by atoms with van der Waals surface area (Å²) in [6.07, 6.45) is 32.6. The number of para-hydroxylation sites is 5. The smallest absolute Gasteiger partial charge is 0.340 e. The van der Waals surface area contributed by atoms with E-state index in [9.17, 15) is 90.3 Å². The van der Waals surface area contributed by atoms with E-state index < -0.39 is 23.1 Å². The molecule has 0 amide bonds. The third kappa shape index (κ3) is 47.9. The highest BCUT2D eigenvalue weighted by Gasteiger charge is 2.54. The van der Waals surface area contributed by atoms with Crippen molar-refractivity contribution in [2.75, 3.05) is 121 Å². The van der Waals surface area contributed by atoms with E-state index in [0.717, 1.165) is 101 Å². The number of rotatable bonds is 59. The van der Waals surface area contributed by atoms with Crippen molar-refractivity contribution in [2.45, 2.75) is 223 Å². The van der Waals surface area contributed by atoms with E-state index in [-0.39, 0.29) is 85.0 Å². The summed E-state index contributed by atoms with van der Waals surface area (Å²) in [4.78, 5) is 38.6. The van der Waals surface area contributed by atoms with Crippen molar-refractivity contribution in [1.29, 1.82) is 0 Å². The molecule has 2 aliphatic rings. The van der Waals surface area contributed by atoms with Gasteiger partial charge < -0.3 is 105 Å². The molecule has 0 bridgehead atoms. The summed E-state index contributed by atoms with van der Waals surface area (Å²) < 4.78 is 47.0. The molecule has 0 atom stereocenters. The second kappa shape index (κ2) is 74.2. The van der Waals surface area contributed by atoms with E-state index >= 15 is 0 Å². The third-order valence-corrected chi connectivity index (χ3v) is 31.7. The Hall–Kier alpha value is -7.70. The number of hydrogen-bond acceptors (Lipinski definition) is 35. The Morgan fingerprint density at radius 2 is 0.674 bits per heavy atom. The molecule has 37 heteroatoms. The Bertz CT molecular complexity index is 5190. The van der Waals surface area contributed by atoms with Crippen LogP contribution in [0.4, 0.5) is 10.1 Å². The molecule has 2 aliphatic heterocycles. The number of benzene rings is 9. The zero-order valence-electron chi connectivity index (χ0n) is 82.1. The number of phenols is 14. The first-order chi connectivity index (χ1) is 69.6. The number of anilines is 1. The Kier molecular flexibility index (Phi) is 64.4. The lowest BCUT2D eigenvalue weighted by molar-refractivity contribution is -0.109. The SMILES string of the molecule is CC(=O)SCCCCCCSc1cccc(O)c1O.CC(=O)SCCOCCOCCSc1cccc(O)c1O.CCCCCCCCCCCCCCCCCCSc1ccc(F)c(O)c1O.O=C1OC2(c3ccc(O)cc3Oc3cc(O)ccc32)c2ccc(NC(=S)SCCCCSc3cccc(O)c3O)cc21.Oc1cccc(SCCCCCCS)c1O.Oc1cccc(SCCOCCOCCS)c1O. The fourth-order valence-corrected chi connectivity index (χ4v) is 22.4. The van der Waals surface area contributed by atoms with Crippen LogP contribution >= 0.6 is 143 Å². The highest BCUT2D eigenvalue weighted by molar-refractivity contribution is 8.23. The Morgan fingerprint density at radius 1 is 0.347 bits per heavy atom. The van der Waals surface area contributed by atoms with Crippen LogP contribution in [0.5, 0.6) is 92.0 Å². The average molecular weight is 2210 g/mol. The molecule has 15 N–H and O–H groups in total. The van der Waals surface area contributed by atoms with E-state index in [1.165, 1.54) is 272 Å². The second-order valence-corrected chi connectivity index (χ2v) is 45.0. The highest BCUT2D eigenvalue weighted by Crippen LogP contribution is 2.58. The molecule has 144 heavy (non-hydrogen) atoms. The van der Waals surface area contributed by atoms with Gasteiger partial charge in [-0.3, -0.25) is 9.59 Å². The van der Waals surface area contributed by atoms with Crippen LogP contribution in [-0.4, -0.2) is 208 Å². The van der Waals surface area contributed by atoms with Crippen LogP contribution in [-0.2, 0) is 38.9 Å². The van der Waals surface area contributed by atoms with Gasteiger partial charge in [-0.2, -0.15) is 25.3 Å². The van der Waals surface area contributed by atoms with Gasteiger partial charge in [-0.15, -0.1) is 70.6 Å². The Balaban J connectivity index is 0.000000275. The first kappa shape index (κ1) is 125. The fraction of sp³-hybridized carbons (Fsp3) is 0.458. The molecule has 1 spiro atoms. The maximum Gasteiger partial charge on any atom is 0.340 e. The molecule has 0 aromatic heterocycles.